The summed E-state index contributed by atoms with van der Waals surface area (Å²) >= 11 is 0. The second-order valence-corrected chi connectivity index (χ2v) is 7.85. The van der Waals surface area contributed by atoms with E-state index in [4.69, 9.17) is 0 Å². The third kappa shape index (κ3) is 6.90. The summed E-state index contributed by atoms with van der Waals surface area (Å²) in [7, 11) is -3.32. The summed E-state index contributed by atoms with van der Waals surface area (Å²) in [5.41, 5.74) is 1.30. The molecule has 0 spiro atoms. The largest absolute Gasteiger partial charge is 0.335 e. The number of sulfonamides is 1. The topological polar surface area (TPSA) is 87.3 Å². The van der Waals surface area contributed by atoms with E-state index >= 15 is 0 Å². The van der Waals surface area contributed by atoms with Crippen LogP contribution in [0.3, 0.4) is 0 Å². The van der Waals surface area contributed by atoms with Crippen LogP contribution in [0.25, 0.3) is 0 Å². The molecular formula is C16H27N3O3S. The zero-order valence-corrected chi connectivity index (χ0v) is 15.2. The lowest BCUT2D eigenvalue weighted by molar-refractivity contribution is 0.229. The Labute approximate surface area is 139 Å². The van der Waals surface area contributed by atoms with Crippen molar-refractivity contribution in [2.24, 2.45) is 5.92 Å². The van der Waals surface area contributed by atoms with Crippen molar-refractivity contribution in [3.63, 3.8) is 0 Å². The molecule has 0 radical (unpaired) electrons. The fourth-order valence-electron chi connectivity index (χ4n) is 2.32. The first-order valence-electron chi connectivity index (χ1n) is 7.77. The van der Waals surface area contributed by atoms with Gasteiger partial charge in [0.15, 0.2) is 0 Å². The van der Waals surface area contributed by atoms with Gasteiger partial charge in [-0.1, -0.05) is 32.9 Å². The molecule has 7 heteroatoms. The highest BCUT2D eigenvalue weighted by Gasteiger charge is 2.16. The van der Waals surface area contributed by atoms with E-state index in [2.05, 4.69) is 29.2 Å². The zero-order chi connectivity index (χ0) is 17.6. The third-order valence-corrected chi connectivity index (χ3v) is 4.21. The summed E-state index contributed by atoms with van der Waals surface area (Å²) < 4.78 is 25.0. The number of carbonyl (C=O) groups excluding carboxylic acids is 1. The van der Waals surface area contributed by atoms with Gasteiger partial charge in [-0.2, -0.15) is 0 Å². The van der Waals surface area contributed by atoms with E-state index < -0.39 is 10.0 Å². The summed E-state index contributed by atoms with van der Waals surface area (Å²) in [6.45, 7) is 8.03. The van der Waals surface area contributed by atoms with Crippen LogP contribution in [0, 0.1) is 5.92 Å². The molecule has 2 unspecified atom stereocenters. The van der Waals surface area contributed by atoms with Crippen LogP contribution in [-0.4, -0.2) is 26.7 Å². The molecule has 0 saturated carbocycles. The van der Waals surface area contributed by atoms with E-state index in [0.717, 1.165) is 18.2 Å². The second-order valence-electron chi connectivity index (χ2n) is 6.10. The van der Waals surface area contributed by atoms with E-state index in [1.54, 1.807) is 18.2 Å². The van der Waals surface area contributed by atoms with Crippen molar-refractivity contribution in [2.75, 3.05) is 11.0 Å². The van der Waals surface area contributed by atoms with E-state index in [0.29, 0.717) is 11.6 Å². The van der Waals surface area contributed by atoms with Crippen molar-refractivity contribution >= 4 is 21.7 Å². The molecule has 0 bridgehead atoms. The van der Waals surface area contributed by atoms with Gasteiger partial charge in [-0.25, -0.2) is 13.2 Å². The summed E-state index contributed by atoms with van der Waals surface area (Å²) in [6.07, 6.45) is 1.97. The maximum atomic E-state index is 12.1. The number of anilines is 1. The highest BCUT2D eigenvalue weighted by Crippen LogP contribution is 2.18. The molecular weight excluding hydrogens is 314 g/mol. The van der Waals surface area contributed by atoms with Gasteiger partial charge in [-0.3, -0.25) is 4.72 Å². The number of hydrogen-bond donors (Lipinski definition) is 3. The van der Waals surface area contributed by atoms with Crippen LogP contribution in [0.4, 0.5) is 10.5 Å². The number of urea groups is 1. The minimum absolute atomic E-state index is 0.125. The van der Waals surface area contributed by atoms with Crippen LogP contribution in [0.5, 0.6) is 0 Å². The van der Waals surface area contributed by atoms with Crippen molar-refractivity contribution in [1.29, 1.82) is 0 Å². The Hall–Kier alpha value is -1.76. The van der Waals surface area contributed by atoms with Gasteiger partial charge in [0.25, 0.3) is 0 Å². The van der Waals surface area contributed by atoms with E-state index in [1.807, 2.05) is 19.9 Å². The van der Waals surface area contributed by atoms with Gasteiger partial charge in [0.05, 0.1) is 12.3 Å². The number of amides is 2. The maximum absolute atomic E-state index is 12.1. The third-order valence-electron chi connectivity index (χ3n) is 3.60. The Morgan fingerprint density at radius 3 is 2.35 bits per heavy atom. The van der Waals surface area contributed by atoms with E-state index in [-0.39, 0.29) is 18.1 Å². The molecule has 0 aliphatic heterocycles. The number of benzene rings is 1. The van der Waals surface area contributed by atoms with Crippen LogP contribution in [0.15, 0.2) is 24.3 Å². The summed E-state index contributed by atoms with van der Waals surface area (Å²) in [5, 5.41) is 5.84. The molecule has 0 aliphatic rings. The molecule has 0 fully saturated rings. The number of hydrogen-bond acceptors (Lipinski definition) is 3. The average Bonchev–Trinajstić information content (AvgIpc) is 2.42. The highest BCUT2D eigenvalue weighted by atomic mass is 32.2. The Morgan fingerprint density at radius 1 is 1.17 bits per heavy atom. The lowest BCUT2D eigenvalue weighted by atomic mass is 10.0. The number of rotatable bonds is 7. The SMILES string of the molecule is CCC(NC(=O)NC(C)c1cccc(NS(C)(=O)=O)c1)C(C)C. The Bertz CT molecular complexity index is 629. The number of carbonyl (C=O) groups is 1. The van der Waals surface area contributed by atoms with Crippen molar-refractivity contribution in [2.45, 2.75) is 46.2 Å². The predicted octanol–water partition coefficient (Wildman–Crippen LogP) is 2.85. The van der Waals surface area contributed by atoms with E-state index in [1.165, 1.54) is 0 Å². The quantitative estimate of drug-likeness (QED) is 0.712. The van der Waals surface area contributed by atoms with Crippen molar-refractivity contribution in [3.05, 3.63) is 29.8 Å². The summed E-state index contributed by atoms with van der Waals surface area (Å²) in [5.74, 6) is 0.364. The standard InChI is InChI=1S/C16H27N3O3S/c1-6-15(11(2)3)18-16(20)17-12(4)13-8-7-9-14(10-13)19-23(5,21)22/h7-12,15,19H,6H2,1-5H3,(H2,17,18,20). The fourth-order valence-corrected chi connectivity index (χ4v) is 2.87. The lowest BCUT2D eigenvalue weighted by Crippen LogP contribution is -2.44. The predicted molar refractivity (Wildman–Crippen MR) is 93.9 cm³/mol. The van der Waals surface area contributed by atoms with Crippen LogP contribution in [0.1, 0.15) is 45.7 Å². The first-order valence-corrected chi connectivity index (χ1v) is 9.66. The molecule has 2 atom stereocenters. The molecule has 1 aromatic carbocycles. The molecule has 1 rings (SSSR count). The summed E-state index contributed by atoms with van der Waals surface area (Å²) in [6, 6.07) is 6.65. The second kappa shape index (κ2) is 8.19. The van der Waals surface area contributed by atoms with Gasteiger partial charge in [0, 0.05) is 11.7 Å². The Morgan fingerprint density at radius 2 is 1.83 bits per heavy atom. The minimum Gasteiger partial charge on any atom is -0.335 e. The first-order chi connectivity index (χ1) is 10.6. The first kappa shape index (κ1) is 19.3. The van der Waals surface area contributed by atoms with E-state index in [9.17, 15) is 13.2 Å². The molecule has 0 aromatic heterocycles. The van der Waals surface area contributed by atoms with Crippen molar-refractivity contribution in [3.8, 4) is 0 Å². The molecule has 0 aliphatic carbocycles. The normalized spacial score (nSPS) is 14.2. The molecule has 6 nitrogen and oxygen atoms in total. The van der Waals surface area contributed by atoms with Gasteiger partial charge in [0.2, 0.25) is 10.0 Å². The fraction of sp³-hybridized carbons (Fsp3) is 0.562. The van der Waals surface area contributed by atoms with Crippen molar-refractivity contribution < 1.29 is 13.2 Å². The van der Waals surface area contributed by atoms with Gasteiger partial charge in [-0.15, -0.1) is 0 Å². The van der Waals surface area contributed by atoms with Gasteiger partial charge < -0.3 is 10.6 Å². The molecule has 1 aromatic rings. The Kier molecular flexibility index (Phi) is 6.87. The minimum atomic E-state index is -3.32. The molecule has 3 N–H and O–H groups in total. The maximum Gasteiger partial charge on any atom is 0.315 e. The highest BCUT2D eigenvalue weighted by molar-refractivity contribution is 7.92. The van der Waals surface area contributed by atoms with Crippen LogP contribution in [0.2, 0.25) is 0 Å². The zero-order valence-electron chi connectivity index (χ0n) is 14.4. The monoisotopic (exact) mass is 341 g/mol. The molecule has 23 heavy (non-hydrogen) atoms. The summed E-state index contributed by atoms with van der Waals surface area (Å²) in [4.78, 5) is 12.1. The molecule has 0 saturated heterocycles. The van der Waals surface area contributed by atoms with Crippen LogP contribution >= 0.6 is 0 Å². The lowest BCUT2D eigenvalue weighted by Gasteiger charge is -2.23. The van der Waals surface area contributed by atoms with Gasteiger partial charge in [0.1, 0.15) is 0 Å². The van der Waals surface area contributed by atoms with Crippen LogP contribution < -0.4 is 15.4 Å². The van der Waals surface area contributed by atoms with Crippen molar-refractivity contribution in [1.82, 2.24) is 10.6 Å². The van der Waals surface area contributed by atoms with Crippen LogP contribution in [-0.2, 0) is 10.0 Å². The van der Waals surface area contributed by atoms with Gasteiger partial charge in [-0.05, 0) is 37.0 Å². The smallest absolute Gasteiger partial charge is 0.315 e. The molecule has 130 valence electrons. The number of nitrogens with one attached hydrogen (secondary N) is 3. The average molecular weight is 341 g/mol. The molecule has 2 amide bonds. The Balaban J connectivity index is 2.72. The molecule has 0 heterocycles. The van der Waals surface area contributed by atoms with Gasteiger partial charge >= 0.3 is 6.03 Å².